The van der Waals surface area contributed by atoms with Crippen LogP contribution in [0.15, 0.2) is 47.3 Å². The van der Waals surface area contributed by atoms with Crippen molar-refractivity contribution >= 4 is 22.5 Å². The van der Waals surface area contributed by atoms with E-state index in [4.69, 9.17) is 9.47 Å². The Kier molecular flexibility index (Phi) is 4.00. The molecule has 0 unspecified atom stereocenters. The molecular formula is C21H19N3O4. The maximum absolute atomic E-state index is 12.8. The fraction of sp³-hybridized carbons (Fsp3) is 0.286. The Morgan fingerprint density at radius 1 is 1.14 bits per heavy atom. The number of aromatic nitrogens is 2. The van der Waals surface area contributed by atoms with Crippen molar-refractivity contribution in [1.29, 1.82) is 0 Å². The molecule has 2 aliphatic rings. The second-order valence-corrected chi connectivity index (χ2v) is 7.03. The molecule has 2 aromatic carbocycles. The van der Waals surface area contributed by atoms with E-state index in [1.165, 1.54) is 0 Å². The molecule has 28 heavy (non-hydrogen) atoms. The van der Waals surface area contributed by atoms with Crippen molar-refractivity contribution in [2.45, 2.75) is 31.9 Å². The summed E-state index contributed by atoms with van der Waals surface area (Å²) in [6, 6.07) is 12.5. The van der Waals surface area contributed by atoms with Gasteiger partial charge in [0, 0.05) is 18.7 Å². The molecule has 0 spiro atoms. The highest BCUT2D eigenvalue weighted by atomic mass is 16.6. The first-order valence-corrected chi connectivity index (χ1v) is 9.42. The highest BCUT2D eigenvalue weighted by Crippen LogP contribution is 2.31. The molecule has 0 bridgehead atoms. The van der Waals surface area contributed by atoms with Crippen LogP contribution in [0, 0.1) is 0 Å². The van der Waals surface area contributed by atoms with E-state index >= 15 is 0 Å². The first-order valence-electron chi connectivity index (χ1n) is 9.42. The monoisotopic (exact) mass is 377 g/mol. The second-order valence-electron chi connectivity index (χ2n) is 7.03. The second kappa shape index (κ2) is 6.67. The third-order valence-corrected chi connectivity index (χ3v) is 5.13. The minimum atomic E-state index is -0.756. The highest BCUT2D eigenvalue weighted by molar-refractivity contribution is 5.96. The Balaban J connectivity index is 1.40. The van der Waals surface area contributed by atoms with Gasteiger partial charge in [0.05, 0.1) is 10.9 Å². The van der Waals surface area contributed by atoms with Crippen LogP contribution in [0.2, 0.25) is 0 Å². The van der Waals surface area contributed by atoms with Gasteiger partial charge in [-0.3, -0.25) is 14.2 Å². The van der Waals surface area contributed by atoms with Gasteiger partial charge >= 0.3 is 0 Å². The number of rotatable bonds is 2. The van der Waals surface area contributed by atoms with Crippen molar-refractivity contribution in [3.8, 4) is 11.5 Å². The summed E-state index contributed by atoms with van der Waals surface area (Å²) in [5, 5.41) is 3.33. The quantitative estimate of drug-likeness (QED) is 0.742. The van der Waals surface area contributed by atoms with Crippen LogP contribution in [0.25, 0.3) is 10.9 Å². The number of hydrogen-bond donors (Lipinski definition) is 1. The lowest BCUT2D eigenvalue weighted by Crippen LogP contribution is -2.40. The van der Waals surface area contributed by atoms with E-state index in [0.29, 0.717) is 34.6 Å². The van der Waals surface area contributed by atoms with Crippen molar-refractivity contribution in [3.05, 3.63) is 58.6 Å². The number of hydrogen-bond acceptors (Lipinski definition) is 5. The van der Waals surface area contributed by atoms with Gasteiger partial charge < -0.3 is 14.8 Å². The van der Waals surface area contributed by atoms with E-state index in [1.807, 2.05) is 12.1 Å². The number of nitrogens with zero attached hydrogens (tertiary/aromatic N) is 2. The maximum atomic E-state index is 12.8. The lowest BCUT2D eigenvalue weighted by Gasteiger charge is -2.25. The van der Waals surface area contributed by atoms with E-state index in [1.54, 1.807) is 34.9 Å². The smallest absolute Gasteiger partial charge is 0.269 e. The zero-order valence-corrected chi connectivity index (χ0v) is 15.2. The van der Waals surface area contributed by atoms with Gasteiger partial charge in [-0.25, -0.2) is 4.98 Å². The lowest BCUT2D eigenvalue weighted by atomic mass is 10.1. The number of amides is 1. The van der Waals surface area contributed by atoms with Crippen molar-refractivity contribution in [2.24, 2.45) is 0 Å². The molecule has 7 heteroatoms. The number of benzene rings is 2. The van der Waals surface area contributed by atoms with Crippen LogP contribution in [0.3, 0.4) is 0 Å². The van der Waals surface area contributed by atoms with Crippen LogP contribution in [0.4, 0.5) is 5.69 Å². The summed E-state index contributed by atoms with van der Waals surface area (Å²) in [4.78, 5) is 30.0. The molecule has 1 aromatic heterocycles. The first kappa shape index (κ1) is 16.8. The fourth-order valence-electron chi connectivity index (χ4n) is 3.69. The van der Waals surface area contributed by atoms with Crippen molar-refractivity contribution in [2.75, 3.05) is 11.9 Å². The average molecular weight is 377 g/mol. The summed E-state index contributed by atoms with van der Waals surface area (Å²) in [5.74, 6) is 1.69. The number of para-hydroxylation sites is 2. The van der Waals surface area contributed by atoms with Crippen molar-refractivity contribution in [1.82, 2.24) is 9.55 Å². The Bertz CT molecular complexity index is 1140. The van der Waals surface area contributed by atoms with Crippen LogP contribution in [-0.4, -0.2) is 28.2 Å². The Hall–Kier alpha value is -3.35. The van der Waals surface area contributed by atoms with Crippen LogP contribution in [0.1, 0.15) is 18.7 Å². The van der Waals surface area contributed by atoms with Gasteiger partial charge in [-0.2, -0.15) is 0 Å². The average Bonchev–Trinajstić information content (AvgIpc) is 2.74. The lowest BCUT2D eigenvalue weighted by molar-refractivity contribution is -0.125. The molecule has 142 valence electrons. The van der Waals surface area contributed by atoms with E-state index < -0.39 is 6.10 Å². The Morgan fingerprint density at radius 3 is 2.89 bits per heavy atom. The maximum Gasteiger partial charge on any atom is 0.269 e. The number of fused-ring (bicyclic) bond motifs is 3. The van der Waals surface area contributed by atoms with E-state index in [2.05, 4.69) is 10.3 Å². The molecule has 1 atom stereocenters. The standard InChI is InChI=1S/C21H19N3O4/c25-20(18-12-27-16-5-1-2-6-17(16)28-18)22-13-8-9-15-14(11-13)21(26)24-10-4-3-7-19(24)23-15/h1-2,5-6,8-9,11,18H,3-4,7,10,12H2,(H,22,25)/t18-/m0/s1. The highest BCUT2D eigenvalue weighted by Gasteiger charge is 2.27. The summed E-state index contributed by atoms with van der Waals surface area (Å²) in [7, 11) is 0. The third-order valence-electron chi connectivity index (χ3n) is 5.13. The molecule has 2 aliphatic heterocycles. The largest absolute Gasteiger partial charge is 0.485 e. The van der Waals surface area contributed by atoms with Crippen LogP contribution >= 0.6 is 0 Å². The van der Waals surface area contributed by atoms with Gasteiger partial charge in [0.25, 0.3) is 11.5 Å². The molecule has 5 rings (SSSR count). The number of anilines is 1. The molecule has 0 saturated heterocycles. The van der Waals surface area contributed by atoms with Crippen LogP contribution in [-0.2, 0) is 17.8 Å². The summed E-state index contributed by atoms with van der Waals surface area (Å²) in [6.45, 7) is 0.828. The van der Waals surface area contributed by atoms with Crippen LogP contribution < -0.4 is 20.3 Å². The third kappa shape index (κ3) is 2.89. The zero-order chi connectivity index (χ0) is 19.1. The molecule has 0 fully saturated rings. The van der Waals surface area contributed by atoms with Crippen molar-refractivity contribution < 1.29 is 14.3 Å². The van der Waals surface area contributed by atoms with E-state index in [-0.39, 0.29) is 18.1 Å². The molecule has 0 saturated carbocycles. The van der Waals surface area contributed by atoms with E-state index in [9.17, 15) is 9.59 Å². The normalized spacial score (nSPS) is 17.8. The summed E-state index contributed by atoms with van der Waals surface area (Å²) < 4.78 is 13.1. The SMILES string of the molecule is O=C(Nc1ccc2nc3n(c(=O)c2c1)CCCC3)[C@@H]1COc2ccccc2O1. The van der Waals surface area contributed by atoms with Gasteiger partial charge in [-0.1, -0.05) is 12.1 Å². The Morgan fingerprint density at radius 2 is 2.00 bits per heavy atom. The van der Waals surface area contributed by atoms with E-state index in [0.717, 1.165) is 25.1 Å². The molecule has 3 heterocycles. The summed E-state index contributed by atoms with van der Waals surface area (Å²) >= 11 is 0. The molecular weight excluding hydrogens is 358 g/mol. The minimum Gasteiger partial charge on any atom is -0.485 e. The van der Waals surface area contributed by atoms with Gasteiger partial charge in [-0.15, -0.1) is 0 Å². The minimum absolute atomic E-state index is 0.0537. The Labute approximate surface area is 160 Å². The number of carbonyl (C=O) groups excluding carboxylic acids is 1. The molecule has 1 N–H and O–H groups in total. The zero-order valence-electron chi connectivity index (χ0n) is 15.2. The molecule has 3 aromatic rings. The molecule has 7 nitrogen and oxygen atoms in total. The summed E-state index contributed by atoms with van der Waals surface area (Å²) in [6.07, 6.45) is 2.10. The number of carbonyl (C=O) groups is 1. The topological polar surface area (TPSA) is 82.5 Å². The number of nitrogens with one attached hydrogen (secondary N) is 1. The van der Waals surface area contributed by atoms with Gasteiger partial charge in [-0.05, 0) is 43.2 Å². The molecule has 1 amide bonds. The predicted molar refractivity (Wildman–Crippen MR) is 104 cm³/mol. The van der Waals surface area contributed by atoms with Crippen molar-refractivity contribution in [3.63, 3.8) is 0 Å². The van der Waals surface area contributed by atoms with Gasteiger partial charge in [0.2, 0.25) is 6.10 Å². The first-order chi connectivity index (χ1) is 13.7. The van der Waals surface area contributed by atoms with Gasteiger partial charge in [0.1, 0.15) is 12.4 Å². The van der Waals surface area contributed by atoms with Crippen LogP contribution in [0.5, 0.6) is 11.5 Å². The van der Waals surface area contributed by atoms with Gasteiger partial charge in [0.15, 0.2) is 11.5 Å². The predicted octanol–water partition coefficient (Wildman–Crippen LogP) is 2.51. The molecule has 0 aliphatic carbocycles. The molecule has 0 radical (unpaired) electrons. The summed E-state index contributed by atoms with van der Waals surface area (Å²) in [5.41, 5.74) is 1.14. The number of aryl methyl sites for hydroxylation is 1. The number of ether oxygens (including phenoxy) is 2. The fourth-order valence-corrected chi connectivity index (χ4v) is 3.69.